The third-order valence-electron chi connectivity index (χ3n) is 2.57. The Morgan fingerprint density at radius 2 is 2.33 bits per heavy atom. The van der Waals surface area contributed by atoms with Gasteiger partial charge in [0.25, 0.3) is 0 Å². The van der Waals surface area contributed by atoms with Gasteiger partial charge in [-0.05, 0) is 0 Å². The number of carbonyl (C=O) groups excluding carboxylic acids is 1. The zero-order chi connectivity index (χ0) is 8.72. The van der Waals surface area contributed by atoms with Crippen LogP contribution in [0, 0.1) is 11.8 Å². The zero-order valence-corrected chi connectivity index (χ0v) is 6.49. The van der Waals surface area contributed by atoms with E-state index >= 15 is 0 Å². The molecule has 2 unspecified atom stereocenters. The van der Waals surface area contributed by atoms with Gasteiger partial charge in [0.15, 0.2) is 0 Å². The summed E-state index contributed by atoms with van der Waals surface area (Å²) in [5.74, 6) is -0.132. The summed E-state index contributed by atoms with van der Waals surface area (Å²) in [7, 11) is 0. The normalized spacial score (nSPS) is 34.0. The van der Waals surface area contributed by atoms with Crippen molar-refractivity contribution in [2.24, 2.45) is 11.8 Å². The maximum absolute atomic E-state index is 11.3. The summed E-state index contributed by atoms with van der Waals surface area (Å²) in [6, 6.07) is 0. The number of imide groups is 1. The zero-order valence-electron chi connectivity index (χ0n) is 6.49. The number of nitrogens with one attached hydrogen (secondary N) is 1. The summed E-state index contributed by atoms with van der Waals surface area (Å²) in [4.78, 5) is 22.8. The van der Waals surface area contributed by atoms with Crippen LogP contribution in [-0.2, 0) is 4.79 Å². The summed E-state index contributed by atoms with van der Waals surface area (Å²) in [6.45, 7) is 1.76. The molecule has 12 heavy (non-hydrogen) atoms. The average molecular weight is 170 g/mol. The fraction of sp³-hybridized carbons (Fsp3) is 0.714. The summed E-state index contributed by atoms with van der Waals surface area (Å²) >= 11 is 0. The van der Waals surface area contributed by atoms with Crippen LogP contribution in [0.15, 0.2) is 0 Å². The van der Waals surface area contributed by atoms with Crippen LogP contribution in [0.5, 0.6) is 0 Å². The summed E-state index contributed by atoms with van der Waals surface area (Å²) < 4.78 is 0. The maximum atomic E-state index is 11.3. The second-order valence-corrected chi connectivity index (χ2v) is 3.26. The Morgan fingerprint density at radius 3 is 2.92 bits per heavy atom. The van der Waals surface area contributed by atoms with Gasteiger partial charge >= 0.3 is 6.09 Å². The van der Waals surface area contributed by atoms with E-state index in [9.17, 15) is 9.59 Å². The third-order valence-corrected chi connectivity index (χ3v) is 2.57. The van der Waals surface area contributed by atoms with E-state index < -0.39 is 6.09 Å². The molecule has 2 N–H and O–H groups in total. The van der Waals surface area contributed by atoms with Crippen molar-refractivity contribution in [2.45, 2.75) is 0 Å². The first-order valence-electron chi connectivity index (χ1n) is 3.95. The Kier molecular flexibility index (Phi) is 1.54. The van der Waals surface area contributed by atoms with Crippen LogP contribution in [-0.4, -0.2) is 41.6 Å². The Labute approximate surface area is 69.3 Å². The Morgan fingerprint density at radius 1 is 1.58 bits per heavy atom. The van der Waals surface area contributed by atoms with Gasteiger partial charge in [0.1, 0.15) is 0 Å². The Hall–Kier alpha value is -1.10. The topological polar surface area (TPSA) is 69.6 Å². The maximum Gasteiger partial charge on any atom is 0.414 e. The van der Waals surface area contributed by atoms with Crippen molar-refractivity contribution >= 4 is 12.0 Å². The highest BCUT2D eigenvalue weighted by molar-refractivity contribution is 5.94. The highest BCUT2D eigenvalue weighted by Crippen LogP contribution is 2.27. The minimum atomic E-state index is -1.12. The first-order valence-corrected chi connectivity index (χ1v) is 3.95. The van der Waals surface area contributed by atoms with Gasteiger partial charge in [-0.25, -0.2) is 9.69 Å². The predicted octanol–water partition coefficient (Wildman–Crippen LogP) is -0.658. The summed E-state index contributed by atoms with van der Waals surface area (Å²) in [6.07, 6.45) is -1.12. The number of amides is 2. The van der Waals surface area contributed by atoms with Crippen LogP contribution < -0.4 is 5.32 Å². The molecule has 0 bridgehead atoms. The van der Waals surface area contributed by atoms with Crippen LogP contribution in [0.1, 0.15) is 0 Å². The van der Waals surface area contributed by atoms with Crippen molar-refractivity contribution in [1.82, 2.24) is 10.2 Å². The van der Waals surface area contributed by atoms with E-state index in [1.807, 2.05) is 0 Å². The van der Waals surface area contributed by atoms with Crippen molar-refractivity contribution < 1.29 is 14.7 Å². The van der Waals surface area contributed by atoms with Crippen LogP contribution in [0.3, 0.4) is 0 Å². The van der Waals surface area contributed by atoms with Gasteiger partial charge in [0.2, 0.25) is 5.91 Å². The van der Waals surface area contributed by atoms with E-state index in [0.29, 0.717) is 13.1 Å². The highest BCUT2D eigenvalue weighted by Gasteiger charge is 2.45. The Balaban J connectivity index is 2.16. The van der Waals surface area contributed by atoms with Crippen molar-refractivity contribution in [2.75, 3.05) is 19.6 Å². The fourth-order valence-corrected chi connectivity index (χ4v) is 1.91. The molecule has 2 amide bonds. The van der Waals surface area contributed by atoms with Gasteiger partial charge in [-0.1, -0.05) is 0 Å². The molecule has 5 heteroatoms. The van der Waals surface area contributed by atoms with Crippen LogP contribution in [0.2, 0.25) is 0 Å². The fourth-order valence-electron chi connectivity index (χ4n) is 1.91. The molecule has 2 aliphatic heterocycles. The molecule has 0 saturated carbocycles. The van der Waals surface area contributed by atoms with Gasteiger partial charge in [-0.2, -0.15) is 0 Å². The number of nitrogens with zero attached hydrogens (tertiary/aromatic N) is 1. The predicted molar refractivity (Wildman–Crippen MR) is 39.6 cm³/mol. The highest BCUT2D eigenvalue weighted by atomic mass is 16.4. The SMILES string of the molecule is O=C(O)N1CC2CNCC2C1=O. The van der Waals surface area contributed by atoms with Crippen LogP contribution in [0.25, 0.3) is 0 Å². The molecule has 0 aliphatic carbocycles. The quantitative estimate of drug-likeness (QED) is 0.506. The number of carboxylic acid groups (broad SMARTS) is 1. The standard InChI is InChI=1S/C7H10N2O3/c10-6-5-2-8-1-4(5)3-9(6)7(11)12/h4-5,8H,1-3H2,(H,11,12). The Bertz CT molecular complexity index is 241. The molecular weight excluding hydrogens is 160 g/mol. The largest absolute Gasteiger partial charge is 0.465 e. The van der Waals surface area contributed by atoms with Gasteiger partial charge < -0.3 is 10.4 Å². The minimum Gasteiger partial charge on any atom is -0.465 e. The van der Waals surface area contributed by atoms with E-state index in [2.05, 4.69) is 5.32 Å². The van der Waals surface area contributed by atoms with Crippen LogP contribution >= 0.6 is 0 Å². The molecule has 0 radical (unpaired) electrons. The lowest BCUT2D eigenvalue weighted by Gasteiger charge is -2.09. The van der Waals surface area contributed by atoms with Crippen molar-refractivity contribution in [3.63, 3.8) is 0 Å². The molecular formula is C7H10N2O3. The molecule has 0 aromatic heterocycles. The van der Waals surface area contributed by atoms with E-state index in [1.54, 1.807) is 0 Å². The number of carbonyl (C=O) groups is 2. The van der Waals surface area contributed by atoms with Gasteiger partial charge in [-0.15, -0.1) is 0 Å². The van der Waals surface area contributed by atoms with Crippen molar-refractivity contribution in [1.29, 1.82) is 0 Å². The lowest BCUT2D eigenvalue weighted by molar-refractivity contribution is -0.128. The smallest absolute Gasteiger partial charge is 0.414 e. The number of rotatable bonds is 0. The molecule has 2 saturated heterocycles. The molecule has 0 aromatic carbocycles. The summed E-state index contributed by atoms with van der Waals surface area (Å²) in [5.41, 5.74) is 0. The monoisotopic (exact) mass is 170 g/mol. The first-order chi connectivity index (χ1) is 5.70. The van der Waals surface area contributed by atoms with Gasteiger partial charge in [-0.3, -0.25) is 4.79 Å². The molecule has 0 aromatic rings. The van der Waals surface area contributed by atoms with E-state index in [0.717, 1.165) is 11.4 Å². The van der Waals surface area contributed by atoms with Crippen molar-refractivity contribution in [3.8, 4) is 0 Å². The number of likely N-dealkylation sites (tertiary alicyclic amines) is 1. The van der Waals surface area contributed by atoms with E-state index in [-0.39, 0.29) is 17.7 Å². The third kappa shape index (κ3) is 0.896. The van der Waals surface area contributed by atoms with Crippen molar-refractivity contribution in [3.05, 3.63) is 0 Å². The second-order valence-electron chi connectivity index (χ2n) is 3.26. The first kappa shape index (κ1) is 7.54. The minimum absolute atomic E-state index is 0.0962. The molecule has 2 aliphatic rings. The second kappa shape index (κ2) is 2.45. The molecule has 5 nitrogen and oxygen atoms in total. The molecule has 2 fully saturated rings. The number of hydrogen-bond acceptors (Lipinski definition) is 3. The molecule has 2 rings (SSSR count). The number of hydrogen-bond donors (Lipinski definition) is 2. The summed E-state index contributed by atoms with van der Waals surface area (Å²) in [5, 5.41) is 11.7. The van der Waals surface area contributed by atoms with Gasteiger partial charge in [0.05, 0.1) is 5.92 Å². The van der Waals surface area contributed by atoms with E-state index in [1.165, 1.54) is 0 Å². The van der Waals surface area contributed by atoms with Gasteiger partial charge in [0, 0.05) is 25.6 Å². The number of fused-ring (bicyclic) bond motifs is 1. The van der Waals surface area contributed by atoms with Crippen LogP contribution in [0.4, 0.5) is 4.79 Å². The average Bonchev–Trinajstić information content (AvgIpc) is 2.53. The molecule has 0 spiro atoms. The molecule has 66 valence electrons. The van der Waals surface area contributed by atoms with E-state index in [4.69, 9.17) is 5.11 Å². The lowest BCUT2D eigenvalue weighted by Crippen LogP contribution is -2.34. The lowest BCUT2D eigenvalue weighted by atomic mass is 10.0. The molecule has 2 atom stereocenters. The molecule has 2 heterocycles.